The van der Waals surface area contributed by atoms with Gasteiger partial charge in [0.05, 0.1) is 5.69 Å². The second-order valence-electron chi connectivity index (χ2n) is 5.27. The van der Waals surface area contributed by atoms with E-state index in [1.807, 2.05) is 65.6 Å². The van der Waals surface area contributed by atoms with Crippen LogP contribution in [0.15, 0.2) is 89.5 Å². The first-order valence-corrected chi connectivity index (χ1v) is 7.40. The van der Waals surface area contributed by atoms with Crippen molar-refractivity contribution >= 4 is 28.0 Å². The third-order valence-corrected chi connectivity index (χ3v) is 3.78. The van der Waals surface area contributed by atoms with Gasteiger partial charge in [0, 0.05) is 16.8 Å². The van der Waals surface area contributed by atoms with Crippen LogP contribution < -0.4 is 4.90 Å². The van der Waals surface area contributed by atoms with Gasteiger partial charge in [0.1, 0.15) is 17.7 Å². The van der Waals surface area contributed by atoms with E-state index in [1.165, 1.54) is 12.1 Å². The molecule has 0 amide bonds. The van der Waals surface area contributed by atoms with Crippen LogP contribution in [0.5, 0.6) is 0 Å². The maximum absolute atomic E-state index is 13.7. The molecule has 1 aromatic heterocycles. The van der Waals surface area contributed by atoms with Gasteiger partial charge in [-0.05, 0) is 42.5 Å². The van der Waals surface area contributed by atoms with Gasteiger partial charge in [-0.15, -0.1) is 0 Å². The van der Waals surface area contributed by atoms with Gasteiger partial charge in [0.25, 0.3) is 0 Å². The number of anilines is 3. The Labute approximate surface area is 133 Å². The number of hydrogen-bond donors (Lipinski definition) is 0. The molecule has 0 aliphatic carbocycles. The second kappa shape index (κ2) is 5.61. The van der Waals surface area contributed by atoms with Crippen LogP contribution in [0.1, 0.15) is 0 Å². The fraction of sp³-hybridized carbons (Fsp3) is 0. The van der Waals surface area contributed by atoms with Gasteiger partial charge < -0.3 is 9.32 Å². The summed E-state index contributed by atoms with van der Waals surface area (Å²) in [6, 6.07) is 24.3. The van der Waals surface area contributed by atoms with Crippen LogP contribution in [0, 0.1) is 5.82 Å². The first-order chi connectivity index (χ1) is 11.3. The molecule has 3 aromatic carbocycles. The molecule has 0 radical (unpaired) electrons. The van der Waals surface area contributed by atoms with Crippen LogP contribution in [0.25, 0.3) is 11.0 Å². The van der Waals surface area contributed by atoms with Crippen LogP contribution in [-0.4, -0.2) is 0 Å². The van der Waals surface area contributed by atoms with Crippen molar-refractivity contribution < 1.29 is 8.81 Å². The molecule has 4 rings (SSSR count). The first kappa shape index (κ1) is 13.6. The first-order valence-electron chi connectivity index (χ1n) is 7.40. The molecular weight excluding hydrogens is 289 g/mol. The van der Waals surface area contributed by atoms with Crippen LogP contribution in [0.4, 0.5) is 21.5 Å². The monoisotopic (exact) mass is 303 g/mol. The van der Waals surface area contributed by atoms with Crippen molar-refractivity contribution in [2.24, 2.45) is 0 Å². The quantitative estimate of drug-likeness (QED) is 0.458. The number of furan rings is 1. The van der Waals surface area contributed by atoms with Crippen molar-refractivity contribution in [2.45, 2.75) is 0 Å². The number of hydrogen-bond acceptors (Lipinski definition) is 2. The van der Waals surface area contributed by atoms with Crippen molar-refractivity contribution in [1.29, 1.82) is 0 Å². The summed E-state index contributed by atoms with van der Waals surface area (Å²) in [5.74, 6) is -0.267. The normalized spacial score (nSPS) is 10.8. The summed E-state index contributed by atoms with van der Waals surface area (Å²) >= 11 is 0. The van der Waals surface area contributed by atoms with Gasteiger partial charge in [-0.1, -0.05) is 36.4 Å². The van der Waals surface area contributed by atoms with Crippen LogP contribution in [-0.2, 0) is 0 Å². The largest absolute Gasteiger partial charge is 0.462 e. The lowest BCUT2D eigenvalue weighted by Crippen LogP contribution is -2.09. The topological polar surface area (TPSA) is 16.4 Å². The standard InChI is InChI=1S/C20H14FNO/c21-15-7-6-10-17(13-15)22(16-8-2-1-3-9-16)19-14-23-20-12-5-4-11-18(19)20/h1-14H. The second-order valence-corrected chi connectivity index (χ2v) is 5.27. The third-order valence-electron chi connectivity index (χ3n) is 3.78. The predicted octanol–water partition coefficient (Wildman–Crippen LogP) is 6.04. The zero-order valence-corrected chi connectivity index (χ0v) is 12.3. The summed E-state index contributed by atoms with van der Waals surface area (Å²) < 4.78 is 19.4. The average Bonchev–Trinajstić information content (AvgIpc) is 3.00. The Morgan fingerprint density at radius 2 is 1.48 bits per heavy atom. The predicted molar refractivity (Wildman–Crippen MR) is 90.9 cm³/mol. The minimum absolute atomic E-state index is 0.267. The van der Waals surface area contributed by atoms with E-state index >= 15 is 0 Å². The number of benzene rings is 3. The zero-order chi connectivity index (χ0) is 15.6. The number of nitrogens with zero attached hydrogens (tertiary/aromatic N) is 1. The molecule has 0 N–H and O–H groups in total. The molecule has 1 heterocycles. The summed E-state index contributed by atoms with van der Waals surface area (Å²) in [7, 11) is 0. The molecule has 0 spiro atoms. The average molecular weight is 303 g/mol. The highest BCUT2D eigenvalue weighted by atomic mass is 19.1. The van der Waals surface area contributed by atoms with Gasteiger partial charge in [-0.2, -0.15) is 0 Å². The Morgan fingerprint density at radius 1 is 0.739 bits per heavy atom. The van der Waals surface area contributed by atoms with E-state index in [-0.39, 0.29) is 5.82 Å². The minimum atomic E-state index is -0.267. The van der Waals surface area contributed by atoms with E-state index in [4.69, 9.17) is 4.42 Å². The Kier molecular flexibility index (Phi) is 3.31. The SMILES string of the molecule is Fc1cccc(N(c2ccccc2)c2coc3ccccc23)c1. The summed E-state index contributed by atoms with van der Waals surface area (Å²) in [5.41, 5.74) is 3.39. The van der Waals surface area contributed by atoms with E-state index in [0.717, 1.165) is 28.0 Å². The molecule has 0 aliphatic heterocycles. The smallest absolute Gasteiger partial charge is 0.136 e. The van der Waals surface area contributed by atoms with E-state index in [0.29, 0.717) is 0 Å². The van der Waals surface area contributed by atoms with Gasteiger partial charge >= 0.3 is 0 Å². The van der Waals surface area contributed by atoms with Gasteiger partial charge in [-0.25, -0.2) is 4.39 Å². The van der Waals surface area contributed by atoms with Crippen LogP contribution >= 0.6 is 0 Å². The molecule has 2 nitrogen and oxygen atoms in total. The summed E-state index contributed by atoms with van der Waals surface area (Å²) in [4.78, 5) is 1.99. The van der Waals surface area contributed by atoms with Crippen molar-refractivity contribution in [2.75, 3.05) is 4.90 Å². The summed E-state index contributed by atoms with van der Waals surface area (Å²) in [6.45, 7) is 0. The van der Waals surface area contributed by atoms with Gasteiger partial charge in [0.2, 0.25) is 0 Å². The van der Waals surface area contributed by atoms with Gasteiger partial charge in [-0.3, -0.25) is 0 Å². The van der Waals surface area contributed by atoms with Crippen molar-refractivity contribution in [3.63, 3.8) is 0 Å². The number of halogens is 1. The number of rotatable bonds is 3. The van der Waals surface area contributed by atoms with E-state index < -0.39 is 0 Å². The minimum Gasteiger partial charge on any atom is -0.462 e. The Morgan fingerprint density at radius 3 is 2.30 bits per heavy atom. The van der Waals surface area contributed by atoms with Crippen LogP contribution in [0.2, 0.25) is 0 Å². The highest BCUT2D eigenvalue weighted by Crippen LogP contribution is 2.39. The molecular formula is C20H14FNO. The van der Waals surface area contributed by atoms with Crippen molar-refractivity contribution in [1.82, 2.24) is 0 Å². The molecule has 23 heavy (non-hydrogen) atoms. The summed E-state index contributed by atoms with van der Waals surface area (Å²) in [5, 5.41) is 0.987. The zero-order valence-electron chi connectivity index (χ0n) is 12.3. The Balaban J connectivity index is 1.96. The van der Waals surface area contributed by atoms with E-state index in [1.54, 1.807) is 12.3 Å². The maximum Gasteiger partial charge on any atom is 0.136 e. The van der Waals surface area contributed by atoms with Crippen LogP contribution in [0.3, 0.4) is 0 Å². The lowest BCUT2D eigenvalue weighted by Gasteiger charge is -2.24. The van der Waals surface area contributed by atoms with Crippen molar-refractivity contribution in [3.8, 4) is 0 Å². The molecule has 112 valence electrons. The summed E-state index contributed by atoms with van der Waals surface area (Å²) in [6.07, 6.45) is 1.71. The van der Waals surface area contributed by atoms with E-state index in [2.05, 4.69) is 0 Å². The molecule has 0 atom stereocenters. The Hall–Kier alpha value is -3.07. The third kappa shape index (κ3) is 2.46. The van der Waals surface area contributed by atoms with E-state index in [9.17, 15) is 4.39 Å². The fourth-order valence-electron chi connectivity index (χ4n) is 2.76. The number of fused-ring (bicyclic) bond motifs is 1. The lowest BCUT2D eigenvalue weighted by atomic mass is 10.1. The molecule has 0 fully saturated rings. The van der Waals surface area contributed by atoms with Crippen molar-refractivity contribution in [3.05, 3.63) is 90.9 Å². The molecule has 0 bridgehead atoms. The maximum atomic E-state index is 13.7. The molecule has 0 saturated carbocycles. The molecule has 4 aromatic rings. The molecule has 3 heteroatoms. The highest BCUT2D eigenvalue weighted by Gasteiger charge is 2.17. The molecule has 0 unspecified atom stereocenters. The molecule has 0 aliphatic rings. The molecule has 0 saturated heterocycles. The number of para-hydroxylation sites is 2. The Bertz CT molecular complexity index is 946. The highest BCUT2D eigenvalue weighted by molar-refractivity contribution is 5.96. The van der Waals surface area contributed by atoms with Gasteiger partial charge in [0.15, 0.2) is 0 Å². The lowest BCUT2D eigenvalue weighted by molar-refractivity contribution is 0.616. The fourth-order valence-corrected chi connectivity index (χ4v) is 2.76.